The summed E-state index contributed by atoms with van der Waals surface area (Å²) in [5.41, 5.74) is 7.79. The molecule has 0 spiro atoms. The van der Waals surface area contributed by atoms with Crippen LogP contribution in [0.5, 0.6) is 0 Å². The van der Waals surface area contributed by atoms with Crippen molar-refractivity contribution in [3.05, 3.63) is 52.8 Å². The molecule has 3 nitrogen and oxygen atoms in total. The number of aryl methyl sites for hydroxylation is 1. The third kappa shape index (κ3) is 2.41. The molecule has 0 saturated heterocycles. The summed E-state index contributed by atoms with van der Waals surface area (Å²) in [5, 5.41) is 4.00. The van der Waals surface area contributed by atoms with E-state index in [0.29, 0.717) is 12.1 Å². The van der Waals surface area contributed by atoms with Crippen LogP contribution in [0.15, 0.2) is 30.5 Å². The van der Waals surface area contributed by atoms with Crippen LogP contribution in [0, 0.1) is 6.92 Å². The Morgan fingerprint density at radius 1 is 1.28 bits per heavy atom. The Balaban J connectivity index is 2.35. The van der Waals surface area contributed by atoms with E-state index in [1.807, 2.05) is 31.2 Å². The van der Waals surface area contributed by atoms with Gasteiger partial charge in [-0.3, -0.25) is 4.68 Å². The number of aromatic nitrogens is 2. The predicted octanol–water partition coefficient (Wildman–Crippen LogP) is 2.64. The standard InChI is InChI=1S/C13H15F2N3/c1-9-4-2-3-5-10(9)8-18-12(13(14)15)11(6-16)7-17-18/h2-5,7,13H,6,8,16H2,1H3. The molecule has 0 atom stereocenters. The highest BCUT2D eigenvalue weighted by Gasteiger charge is 2.19. The number of hydrogen-bond acceptors (Lipinski definition) is 2. The zero-order valence-electron chi connectivity index (χ0n) is 10.1. The van der Waals surface area contributed by atoms with Gasteiger partial charge in [-0.25, -0.2) is 8.78 Å². The second kappa shape index (κ2) is 5.27. The van der Waals surface area contributed by atoms with Crippen molar-refractivity contribution in [3.63, 3.8) is 0 Å². The Morgan fingerprint density at radius 3 is 2.61 bits per heavy atom. The molecule has 0 bridgehead atoms. The Bertz CT molecular complexity index is 535. The fourth-order valence-electron chi connectivity index (χ4n) is 1.92. The molecule has 2 aromatic rings. The van der Waals surface area contributed by atoms with Crippen LogP contribution in [-0.2, 0) is 13.1 Å². The summed E-state index contributed by atoms with van der Waals surface area (Å²) >= 11 is 0. The van der Waals surface area contributed by atoms with Gasteiger partial charge in [-0.05, 0) is 18.1 Å². The normalized spacial score (nSPS) is 11.2. The summed E-state index contributed by atoms with van der Waals surface area (Å²) < 4.78 is 27.3. The summed E-state index contributed by atoms with van der Waals surface area (Å²) in [6, 6.07) is 7.66. The Labute approximate surface area is 104 Å². The molecule has 0 aliphatic carbocycles. The van der Waals surface area contributed by atoms with Crippen molar-refractivity contribution >= 4 is 0 Å². The smallest absolute Gasteiger partial charge is 0.280 e. The molecule has 0 unspecified atom stereocenters. The van der Waals surface area contributed by atoms with Crippen molar-refractivity contribution in [2.45, 2.75) is 26.4 Å². The first-order valence-electron chi connectivity index (χ1n) is 5.70. The van der Waals surface area contributed by atoms with E-state index in [1.54, 1.807) is 0 Å². The molecule has 18 heavy (non-hydrogen) atoms. The lowest BCUT2D eigenvalue weighted by atomic mass is 10.1. The zero-order chi connectivity index (χ0) is 13.1. The minimum absolute atomic E-state index is 0.0768. The van der Waals surface area contributed by atoms with Gasteiger partial charge < -0.3 is 5.73 Å². The molecule has 1 aromatic carbocycles. The van der Waals surface area contributed by atoms with Gasteiger partial charge in [0, 0.05) is 12.1 Å². The summed E-state index contributed by atoms with van der Waals surface area (Å²) in [5.74, 6) is 0. The highest BCUT2D eigenvalue weighted by atomic mass is 19.3. The van der Waals surface area contributed by atoms with E-state index in [4.69, 9.17) is 5.73 Å². The van der Waals surface area contributed by atoms with Gasteiger partial charge in [-0.15, -0.1) is 0 Å². The summed E-state index contributed by atoms with van der Waals surface area (Å²) in [6.45, 7) is 2.37. The molecule has 1 aromatic heterocycles. The molecule has 0 amide bonds. The second-order valence-electron chi connectivity index (χ2n) is 4.14. The third-order valence-corrected chi connectivity index (χ3v) is 2.97. The topological polar surface area (TPSA) is 43.8 Å². The van der Waals surface area contributed by atoms with E-state index in [1.165, 1.54) is 10.9 Å². The monoisotopic (exact) mass is 251 g/mol. The van der Waals surface area contributed by atoms with Crippen LogP contribution in [0.3, 0.4) is 0 Å². The maximum absolute atomic E-state index is 13.0. The highest BCUT2D eigenvalue weighted by molar-refractivity contribution is 5.27. The van der Waals surface area contributed by atoms with Gasteiger partial charge in [-0.1, -0.05) is 24.3 Å². The number of nitrogens with two attached hydrogens (primary N) is 1. The van der Waals surface area contributed by atoms with Crippen LogP contribution >= 0.6 is 0 Å². The van der Waals surface area contributed by atoms with Gasteiger partial charge in [0.2, 0.25) is 0 Å². The van der Waals surface area contributed by atoms with E-state index in [2.05, 4.69) is 5.10 Å². The lowest BCUT2D eigenvalue weighted by molar-refractivity contribution is 0.138. The first kappa shape index (κ1) is 12.7. The third-order valence-electron chi connectivity index (χ3n) is 2.97. The first-order valence-corrected chi connectivity index (χ1v) is 5.70. The van der Waals surface area contributed by atoms with E-state index in [9.17, 15) is 8.78 Å². The number of alkyl halides is 2. The highest BCUT2D eigenvalue weighted by Crippen LogP contribution is 2.23. The minimum atomic E-state index is -2.56. The lowest BCUT2D eigenvalue weighted by Gasteiger charge is -2.10. The summed E-state index contributed by atoms with van der Waals surface area (Å²) in [6.07, 6.45) is -1.14. The average Bonchev–Trinajstić information content (AvgIpc) is 2.75. The number of rotatable bonds is 4. The van der Waals surface area contributed by atoms with Crippen LogP contribution in [0.1, 0.15) is 28.8 Å². The Hall–Kier alpha value is -1.75. The van der Waals surface area contributed by atoms with Crippen LogP contribution in [-0.4, -0.2) is 9.78 Å². The van der Waals surface area contributed by atoms with Gasteiger partial charge in [-0.2, -0.15) is 5.10 Å². The van der Waals surface area contributed by atoms with Gasteiger partial charge in [0.1, 0.15) is 5.69 Å². The van der Waals surface area contributed by atoms with Gasteiger partial charge in [0.05, 0.1) is 12.7 Å². The quantitative estimate of drug-likeness (QED) is 0.907. The van der Waals surface area contributed by atoms with Crippen molar-refractivity contribution < 1.29 is 8.78 Å². The Morgan fingerprint density at radius 2 is 2.00 bits per heavy atom. The molecule has 0 radical (unpaired) electrons. The van der Waals surface area contributed by atoms with Crippen molar-refractivity contribution in [3.8, 4) is 0 Å². The molecule has 1 heterocycles. The SMILES string of the molecule is Cc1ccccc1Cn1ncc(CN)c1C(F)F. The van der Waals surface area contributed by atoms with E-state index in [-0.39, 0.29) is 12.2 Å². The Kier molecular flexibility index (Phi) is 3.72. The zero-order valence-corrected chi connectivity index (χ0v) is 10.1. The van der Waals surface area contributed by atoms with E-state index >= 15 is 0 Å². The predicted molar refractivity (Wildman–Crippen MR) is 65.4 cm³/mol. The van der Waals surface area contributed by atoms with Gasteiger partial charge in [0.15, 0.2) is 0 Å². The number of nitrogens with zero attached hydrogens (tertiary/aromatic N) is 2. The second-order valence-corrected chi connectivity index (χ2v) is 4.14. The number of halogens is 2. The largest absolute Gasteiger partial charge is 0.326 e. The van der Waals surface area contributed by atoms with Crippen molar-refractivity contribution in [2.24, 2.45) is 5.73 Å². The van der Waals surface area contributed by atoms with Crippen LogP contribution < -0.4 is 5.73 Å². The molecule has 0 aliphatic rings. The fraction of sp³-hybridized carbons (Fsp3) is 0.308. The molecular formula is C13H15F2N3. The average molecular weight is 251 g/mol. The van der Waals surface area contributed by atoms with Crippen LogP contribution in [0.4, 0.5) is 8.78 Å². The summed E-state index contributed by atoms with van der Waals surface area (Å²) in [4.78, 5) is 0. The van der Waals surface area contributed by atoms with Gasteiger partial charge in [0.25, 0.3) is 6.43 Å². The molecule has 2 N–H and O–H groups in total. The van der Waals surface area contributed by atoms with Gasteiger partial charge >= 0.3 is 0 Å². The molecule has 2 rings (SSSR count). The molecule has 0 saturated carbocycles. The molecular weight excluding hydrogens is 236 g/mol. The van der Waals surface area contributed by atoms with Crippen LogP contribution in [0.25, 0.3) is 0 Å². The maximum Gasteiger partial charge on any atom is 0.280 e. The van der Waals surface area contributed by atoms with Crippen molar-refractivity contribution in [2.75, 3.05) is 0 Å². The molecule has 5 heteroatoms. The van der Waals surface area contributed by atoms with E-state index in [0.717, 1.165) is 11.1 Å². The summed E-state index contributed by atoms with van der Waals surface area (Å²) in [7, 11) is 0. The molecule has 0 fully saturated rings. The van der Waals surface area contributed by atoms with Crippen molar-refractivity contribution in [1.82, 2.24) is 9.78 Å². The number of hydrogen-bond donors (Lipinski definition) is 1. The molecule has 96 valence electrons. The van der Waals surface area contributed by atoms with E-state index < -0.39 is 6.43 Å². The maximum atomic E-state index is 13.0. The first-order chi connectivity index (χ1) is 8.63. The number of benzene rings is 1. The van der Waals surface area contributed by atoms with Crippen molar-refractivity contribution in [1.29, 1.82) is 0 Å². The minimum Gasteiger partial charge on any atom is -0.326 e. The molecule has 0 aliphatic heterocycles. The lowest BCUT2D eigenvalue weighted by Crippen LogP contribution is -2.10. The van der Waals surface area contributed by atoms with Crippen LogP contribution in [0.2, 0.25) is 0 Å². The fourth-order valence-corrected chi connectivity index (χ4v) is 1.92.